The summed E-state index contributed by atoms with van der Waals surface area (Å²) in [7, 11) is 0. The number of halogens is 2. The van der Waals surface area contributed by atoms with Crippen LogP contribution in [0.4, 0.5) is 18.7 Å². The van der Waals surface area contributed by atoms with Crippen molar-refractivity contribution in [3.8, 4) is 11.3 Å². The Bertz CT molecular complexity index is 795. The fraction of sp³-hybridized carbons (Fsp3) is 0.444. The molecular formula is C18H20F2N2O2S. The lowest BCUT2D eigenvalue weighted by Gasteiger charge is -2.18. The molecule has 0 unspecified atom stereocenters. The molecule has 25 heavy (non-hydrogen) atoms. The number of nitrogens with one attached hydrogen (secondary N) is 1. The van der Waals surface area contributed by atoms with Gasteiger partial charge < -0.3 is 4.74 Å². The second kappa shape index (κ2) is 6.71. The molecule has 0 aliphatic heterocycles. The minimum absolute atomic E-state index is 0.393. The van der Waals surface area contributed by atoms with Gasteiger partial charge in [0.25, 0.3) is 0 Å². The highest BCUT2D eigenvalue weighted by Crippen LogP contribution is 2.39. The van der Waals surface area contributed by atoms with Crippen molar-refractivity contribution in [2.45, 2.75) is 45.6 Å². The van der Waals surface area contributed by atoms with Gasteiger partial charge in [0.2, 0.25) is 0 Å². The second-order valence-corrected chi connectivity index (χ2v) is 8.28. The van der Waals surface area contributed by atoms with Crippen molar-refractivity contribution in [2.24, 2.45) is 5.92 Å². The van der Waals surface area contributed by atoms with Crippen LogP contribution in [0, 0.1) is 17.6 Å². The largest absolute Gasteiger partial charge is 0.444 e. The molecule has 1 aliphatic carbocycles. The Morgan fingerprint density at radius 3 is 2.64 bits per heavy atom. The zero-order valence-electron chi connectivity index (χ0n) is 14.4. The van der Waals surface area contributed by atoms with Crippen LogP contribution < -0.4 is 5.32 Å². The third-order valence-corrected chi connectivity index (χ3v) is 4.66. The number of rotatable bonds is 4. The highest BCUT2D eigenvalue weighted by Gasteiger charge is 2.26. The van der Waals surface area contributed by atoms with E-state index >= 15 is 0 Å². The first-order chi connectivity index (χ1) is 11.7. The van der Waals surface area contributed by atoms with Crippen molar-refractivity contribution in [1.29, 1.82) is 0 Å². The van der Waals surface area contributed by atoms with E-state index in [0.717, 1.165) is 36.3 Å². The maximum absolute atomic E-state index is 13.6. The lowest BCUT2D eigenvalue weighted by atomic mass is 10.1. The summed E-state index contributed by atoms with van der Waals surface area (Å²) in [5.41, 5.74) is 0.478. The number of ether oxygens (including phenoxy) is 1. The highest BCUT2D eigenvalue weighted by molar-refractivity contribution is 7.16. The van der Waals surface area contributed by atoms with Crippen molar-refractivity contribution in [1.82, 2.24) is 4.98 Å². The van der Waals surface area contributed by atoms with Gasteiger partial charge in [-0.2, -0.15) is 0 Å². The van der Waals surface area contributed by atoms with Gasteiger partial charge in [-0.1, -0.05) is 0 Å². The molecule has 1 amide bonds. The predicted molar refractivity (Wildman–Crippen MR) is 93.8 cm³/mol. The van der Waals surface area contributed by atoms with Crippen LogP contribution in [0.15, 0.2) is 18.2 Å². The summed E-state index contributed by atoms with van der Waals surface area (Å²) in [5, 5.41) is 3.02. The number of carbonyl (C=O) groups is 1. The first kappa shape index (κ1) is 17.8. The number of benzene rings is 1. The molecule has 1 heterocycles. The maximum Gasteiger partial charge on any atom is 0.413 e. The number of aromatic nitrogens is 1. The highest BCUT2D eigenvalue weighted by atomic mass is 32.1. The minimum atomic E-state index is -0.912. The Balaban J connectivity index is 1.87. The molecule has 0 atom stereocenters. The van der Waals surface area contributed by atoms with E-state index in [2.05, 4.69) is 10.3 Å². The predicted octanol–water partition coefficient (Wildman–Crippen LogP) is 5.39. The SMILES string of the molecule is CC(C)(C)OC(=O)Nc1nc(-c2ccc(F)c(F)c2)c(CC2CC2)s1. The van der Waals surface area contributed by atoms with Gasteiger partial charge >= 0.3 is 6.09 Å². The van der Waals surface area contributed by atoms with Crippen molar-refractivity contribution in [3.63, 3.8) is 0 Å². The van der Waals surface area contributed by atoms with E-state index in [-0.39, 0.29) is 0 Å². The molecule has 1 saturated carbocycles. The first-order valence-electron chi connectivity index (χ1n) is 8.16. The van der Waals surface area contributed by atoms with Gasteiger partial charge in [-0.05, 0) is 64.2 Å². The molecule has 3 rings (SSSR count). The quantitative estimate of drug-likeness (QED) is 0.789. The van der Waals surface area contributed by atoms with E-state index in [1.807, 2.05) is 0 Å². The molecule has 134 valence electrons. The number of amides is 1. The van der Waals surface area contributed by atoms with E-state index in [4.69, 9.17) is 4.74 Å². The van der Waals surface area contributed by atoms with E-state index in [1.54, 1.807) is 20.8 Å². The Kier molecular flexibility index (Phi) is 4.77. The Morgan fingerprint density at radius 2 is 2.04 bits per heavy atom. The Hall–Kier alpha value is -2.02. The molecule has 2 aromatic rings. The lowest BCUT2D eigenvalue weighted by Crippen LogP contribution is -2.27. The van der Waals surface area contributed by atoms with Crippen LogP contribution in [0.3, 0.4) is 0 Å². The topological polar surface area (TPSA) is 51.2 Å². The molecule has 1 aromatic heterocycles. The number of thiazole rings is 1. The summed E-state index contributed by atoms with van der Waals surface area (Å²) in [4.78, 5) is 17.3. The summed E-state index contributed by atoms with van der Waals surface area (Å²) in [6, 6.07) is 3.73. The van der Waals surface area contributed by atoms with Crippen molar-refractivity contribution in [2.75, 3.05) is 5.32 Å². The summed E-state index contributed by atoms with van der Waals surface area (Å²) >= 11 is 1.35. The molecule has 0 radical (unpaired) electrons. The van der Waals surface area contributed by atoms with Crippen molar-refractivity contribution in [3.05, 3.63) is 34.7 Å². The average molecular weight is 366 g/mol. The molecule has 1 aliphatic rings. The van der Waals surface area contributed by atoms with Gasteiger partial charge in [-0.3, -0.25) is 5.32 Å². The van der Waals surface area contributed by atoms with Gasteiger partial charge in [-0.25, -0.2) is 18.6 Å². The lowest BCUT2D eigenvalue weighted by molar-refractivity contribution is 0.0636. The molecular weight excluding hydrogens is 346 g/mol. The third kappa shape index (κ3) is 4.75. The fourth-order valence-electron chi connectivity index (χ4n) is 2.39. The fourth-order valence-corrected chi connectivity index (χ4v) is 3.47. The third-order valence-electron chi connectivity index (χ3n) is 3.67. The van der Waals surface area contributed by atoms with Crippen LogP contribution in [0.25, 0.3) is 11.3 Å². The van der Waals surface area contributed by atoms with Gasteiger partial charge in [0.15, 0.2) is 16.8 Å². The average Bonchev–Trinajstić information content (AvgIpc) is 3.20. The molecule has 7 heteroatoms. The van der Waals surface area contributed by atoms with Gasteiger partial charge in [0, 0.05) is 10.4 Å². The number of anilines is 1. The van der Waals surface area contributed by atoms with Gasteiger partial charge in [0.05, 0.1) is 5.69 Å². The molecule has 1 aromatic carbocycles. The number of carbonyl (C=O) groups excluding carboxylic acids is 1. The van der Waals surface area contributed by atoms with Gasteiger partial charge in [-0.15, -0.1) is 11.3 Å². The van der Waals surface area contributed by atoms with Gasteiger partial charge in [0.1, 0.15) is 5.60 Å². The Morgan fingerprint density at radius 1 is 1.32 bits per heavy atom. The zero-order chi connectivity index (χ0) is 18.2. The van der Waals surface area contributed by atoms with Crippen LogP contribution in [0.5, 0.6) is 0 Å². The normalized spacial score (nSPS) is 14.4. The van der Waals surface area contributed by atoms with Crippen LogP contribution in [0.1, 0.15) is 38.5 Å². The Labute approximate surface area is 149 Å². The minimum Gasteiger partial charge on any atom is -0.444 e. The molecule has 4 nitrogen and oxygen atoms in total. The molecule has 0 bridgehead atoms. The van der Waals surface area contributed by atoms with Crippen LogP contribution >= 0.6 is 11.3 Å². The standard InChI is InChI=1S/C18H20F2N2O2S/c1-18(2,3)24-17(23)22-16-21-15(14(25-16)8-10-4-5-10)11-6-7-12(19)13(20)9-11/h6-7,9-10H,4-5,8H2,1-3H3,(H,21,22,23). The molecule has 0 saturated heterocycles. The number of hydrogen-bond donors (Lipinski definition) is 1. The molecule has 0 spiro atoms. The smallest absolute Gasteiger partial charge is 0.413 e. The first-order valence-corrected chi connectivity index (χ1v) is 8.98. The number of hydrogen-bond acceptors (Lipinski definition) is 4. The summed E-state index contributed by atoms with van der Waals surface area (Å²) in [5.74, 6) is -1.21. The van der Waals surface area contributed by atoms with Crippen LogP contribution in [-0.2, 0) is 11.2 Å². The van der Waals surface area contributed by atoms with E-state index in [9.17, 15) is 13.6 Å². The van der Waals surface area contributed by atoms with E-state index < -0.39 is 23.3 Å². The van der Waals surface area contributed by atoms with Crippen LogP contribution in [0.2, 0.25) is 0 Å². The van der Waals surface area contributed by atoms with Crippen LogP contribution in [-0.4, -0.2) is 16.7 Å². The summed E-state index contributed by atoms with van der Waals surface area (Å²) in [6.07, 6.45) is 2.55. The monoisotopic (exact) mass is 366 g/mol. The molecule has 1 N–H and O–H groups in total. The zero-order valence-corrected chi connectivity index (χ0v) is 15.2. The number of nitrogens with zero attached hydrogens (tertiary/aromatic N) is 1. The summed E-state index contributed by atoms with van der Waals surface area (Å²) < 4.78 is 32.0. The second-order valence-electron chi connectivity index (χ2n) is 7.19. The van der Waals surface area contributed by atoms with E-state index in [0.29, 0.717) is 22.3 Å². The van der Waals surface area contributed by atoms with Crippen molar-refractivity contribution < 1.29 is 18.3 Å². The summed E-state index contributed by atoms with van der Waals surface area (Å²) in [6.45, 7) is 5.33. The van der Waals surface area contributed by atoms with Crippen molar-refractivity contribution >= 4 is 22.6 Å². The maximum atomic E-state index is 13.6. The van der Waals surface area contributed by atoms with E-state index in [1.165, 1.54) is 17.4 Å². The molecule has 1 fully saturated rings.